The zero-order chi connectivity index (χ0) is 25.0. The summed E-state index contributed by atoms with van der Waals surface area (Å²) in [6.45, 7) is 13.0. The van der Waals surface area contributed by atoms with Crippen LogP contribution >= 0.6 is 11.6 Å². The van der Waals surface area contributed by atoms with Gasteiger partial charge in [0.2, 0.25) is 0 Å². The highest BCUT2D eigenvalue weighted by Crippen LogP contribution is 2.33. The lowest BCUT2D eigenvalue weighted by Crippen LogP contribution is -2.27. The topological polar surface area (TPSA) is 59.1 Å². The van der Waals surface area contributed by atoms with Gasteiger partial charge < -0.3 is 15.4 Å². The van der Waals surface area contributed by atoms with E-state index in [1.54, 1.807) is 12.3 Å². The van der Waals surface area contributed by atoms with Crippen molar-refractivity contribution in [3.63, 3.8) is 0 Å². The summed E-state index contributed by atoms with van der Waals surface area (Å²) in [5.41, 5.74) is 1.99. The zero-order valence-corrected chi connectivity index (χ0v) is 22.3. The standard InChI is InChI=1S/C25H36ClFN4O.C2H6/c1-4-6-8-19(5-2)31-23-14-20(21(27)16-28-23)18-13-22(24(26)29-15-18)30-17-25(3)9-7-11-32-12-10-25;1-2/h13-16,19,30H,4-12,17H2,1-3H3,(H,28,31);1-2H3. The highest BCUT2D eigenvalue weighted by Gasteiger charge is 2.26. The normalized spacial score (nSPS) is 18.9. The van der Waals surface area contributed by atoms with E-state index in [4.69, 9.17) is 16.3 Å². The van der Waals surface area contributed by atoms with Crippen molar-refractivity contribution in [2.24, 2.45) is 5.41 Å². The van der Waals surface area contributed by atoms with Crippen LogP contribution in [-0.4, -0.2) is 35.8 Å². The Hall–Kier alpha value is -1.92. The van der Waals surface area contributed by atoms with Gasteiger partial charge in [0.25, 0.3) is 0 Å². The third kappa shape index (κ3) is 8.38. The van der Waals surface area contributed by atoms with Crippen molar-refractivity contribution in [1.82, 2.24) is 9.97 Å². The first-order chi connectivity index (χ1) is 16.4. The van der Waals surface area contributed by atoms with Gasteiger partial charge in [0.15, 0.2) is 5.15 Å². The summed E-state index contributed by atoms with van der Waals surface area (Å²) in [4.78, 5) is 8.58. The molecule has 1 saturated heterocycles. The van der Waals surface area contributed by atoms with Gasteiger partial charge in [-0.2, -0.15) is 0 Å². The van der Waals surface area contributed by atoms with Crippen LogP contribution in [0.4, 0.5) is 15.9 Å². The lowest BCUT2D eigenvalue weighted by molar-refractivity contribution is 0.135. The lowest BCUT2D eigenvalue weighted by Gasteiger charge is -2.28. The van der Waals surface area contributed by atoms with Crippen molar-refractivity contribution in [3.8, 4) is 11.1 Å². The first-order valence-corrected chi connectivity index (χ1v) is 13.2. The minimum atomic E-state index is -0.375. The van der Waals surface area contributed by atoms with E-state index in [-0.39, 0.29) is 11.2 Å². The Kier molecular flexibility index (Phi) is 12.1. The van der Waals surface area contributed by atoms with Crippen LogP contribution in [0.25, 0.3) is 11.1 Å². The van der Waals surface area contributed by atoms with Crippen LogP contribution in [-0.2, 0) is 4.74 Å². The average molecular weight is 493 g/mol. The third-order valence-electron chi connectivity index (χ3n) is 6.38. The Morgan fingerprint density at radius 1 is 1.15 bits per heavy atom. The summed E-state index contributed by atoms with van der Waals surface area (Å²) in [7, 11) is 0. The molecule has 0 aliphatic carbocycles. The van der Waals surface area contributed by atoms with Gasteiger partial charge in [-0.3, -0.25) is 0 Å². The molecule has 0 radical (unpaired) electrons. The number of halogens is 2. The first kappa shape index (κ1) is 28.3. The number of hydrogen-bond acceptors (Lipinski definition) is 5. The molecule has 0 bridgehead atoms. The summed E-state index contributed by atoms with van der Waals surface area (Å²) in [5.74, 6) is 0.305. The molecule has 3 heterocycles. The van der Waals surface area contributed by atoms with Crippen molar-refractivity contribution < 1.29 is 9.13 Å². The minimum absolute atomic E-state index is 0.127. The number of aromatic nitrogens is 2. The monoisotopic (exact) mass is 492 g/mol. The molecule has 0 saturated carbocycles. The Labute approximate surface area is 210 Å². The molecule has 1 aliphatic heterocycles. The Balaban J connectivity index is 0.00000199. The van der Waals surface area contributed by atoms with Crippen molar-refractivity contribution >= 4 is 23.1 Å². The van der Waals surface area contributed by atoms with Crippen LogP contribution in [0.1, 0.15) is 79.6 Å². The van der Waals surface area contributed by atoms with Gasteiger partial charge in [0, 0.05) is 43.1 Å². The van der Waals surface area contributed by atoms with Gasteiger partial charge >= 0.3 is 0 Å². The van der Waals surface area contributed by atoms with E-state index in [0.717, 1.165) is 70.4 Å². The molecule has 0 aromatic carbocycles. The Bertz CT molecular complexity index is 872. The van der Waals surface area contributed by atoms with Gasteiger partial charge in [-0.05, 0) is 49.7 Å². The molecule has 0 amide bonds. The maximum absolute atomic E-state index is 14.7. The van der Waals surface area contributed by atoms with Gasteiger partial charge in [-0.15, -0.1) is 0 Å². The quantitative estimate of drug-likeness (QED) is 0.329. The van der Waals surface area contributed by atoms with Crippen LogP contribution in [0, 0.1) is 11.2 Å². The number of hydrogen-bond donors (Lipinski definition) is 2. The number of ether oxygens (including phenoxy) is 1. The maximum atomic E-state index is 14.7. The molecular formula is C27H42ClFN4O. The second-order valence-corrected chi connectivity index (χ2v) is 9.49. The van der Waals surface area contributed by atoms with Gasteiger partial charge in [-0.25, -0.2) is 14.4 Å². The molecule has 0 spiro atoms. The summed E-state index contributed by atoms with van der Waals surface area (Å²) >= 11 is 6.37. The van der Waals surface area contributed by atoms with Crippen LogP contribution in [0.5, 0.6) is 0 Å². The zero-order valence-electron chi connectivity index (χ0n) is 21.5. The number of pyridine rings is 2. The van der Waals surface area contributed by atoms with Crippen LogP contribution < -0.4 is 10.6 Å². The Morgan fingerprint density at radius 3 is 2.68 bits per heavy atom. The van der Waals surface area contributed by atoms with Crippen LogP contribution in [0.2, 0.25) is 5.15 Å². The molecule has 2 unspecified atom stereocenters. The molecule has 2 atom stereocenters. The smallest absolute Gasteiger partial charge is 0.152 e. The number of anilines is 2. The molecule has 190 valence electrons. The molecule has 34 heavy (non-hydrogen) atoms. The van der Waals surface area contributed by atoms with E-state index in [1.807, 2.05) is 19.9 Å². The van der Waals surface area contributed by atoms with E-state index in [1.165, 1.54) is 6.20 Å². The summed E-state index contributed by atoms with van der Waals surface area (Å²) in [6.07, 6.45) is 10.4. The second kappa shape index (κ2) is 14.5. The number of nitrogens with one attached hydrogen (secondary N) is 2. The molecule has 2 N–H and O–H groups in total. The summed E-state index contributed by atoms with van der Waals surface area (Å²) in [5, 5.41) is 7.30. The predicted octanol–water partition coefficient (Wildman–Crippen LogP) is 7.96. The number of unbranched alkanes of at least 4 members (excludes halogenated alkanes) is 1. The first-order valence-electron chi connectivity index (χ1n) is 12.8. The molecule has 7 heteroatoms. The molecule has 2 aromatic rings. The van der Waals surface area contributed by atoms with Crippen molar-refractivity contribution in [2.75, 3.05) is 30.4 Å². The third-order valence-corrected chi connectivity index (χ3v) is 6.68. The lowest BCUT2D eigenvalue weighted by atomic mass is 9.83. The molecule has 1 fully saturated rings. The predicted molar refractivity (Wildman–Crippen MR) is 142 cm³/mol. The number of nitrogens with zero attached hydrogens (tertiary/aromatic N) is 2. The molecule has 2 aromatic heterocycles. The number of rotatable bonds is 10. The van der Waals surface area contributed by atoms with E-state index >= 15 is 0 Å². The van der Waals surface area contributed by atoms with Crippen molar-refractivity contribution in [3.05, 3.63) is 35.5 Å². The fraction of sp³-hybridized carbons (Fsp3) is 0.630. The summed E-state index contributed by atoms with van der Waals surface area (Å²) in [6, 6.07) is 3.97. The maximum Gasteiger partial charge on any atom is 0.152 e. The molecule has 5 nitrogen and oxygen atoms in total. The van der Waals surface area contributed by atoms with Crippen LogP contribution in [0.15, 0.2) is 24.5 Å². The van der Waals surface area contributed by atoms with Crippen molar-refractivity contribution in [1.29, 1.82) is 0 Å². The Morgan fingerprint density at radius 2 is 1.94 bits per heavy atom. The SMILES string of the molecule is CC.CCCCC(CC)Nc1cc(-c2cnc(Cl)c(NCC3(C)CCCOCC3)c2)c(F)cn1. The minimum Gasteiger partial charge on any atom is -0.382 e. The van der Waals surface area contributed by atoms with Gasteiger partial charge in [0.05, 0.1) is 11.9 Å². The molecule has 1 aliphatic rings. The summed E-state index contributed by atoms with van der Waals surface area (Å²) < 4.78 is 20.3. The largest absolute Gasteiger partial charge is 0.382 e. The highest BCUT2D eigenvalue weighted by molar-refractivity contribution is 6.32. The van der Waals surface area contributed by atoms with E-state index in [2.05, 4.69) is 41.4 Å². The van der Waals surface area contributed by atoms with Gasteiger partial charge in [0.1, 0.15) is 11.6 Å². The second-order valence-electron chi connectivity index (χ2n) is 9.13. The average Bonchev–Trinajstić information content (AvgIpc) is 3.08. The van der Waals surface area contributed by atoms with E-state index in [0.29, 0.717) is 28.1 Å². The highest BCUT2D eigenvalue weighted by atomic mass is 35.5. The fourth-order valence-electron chi connectivity index (χ4n) is 4.13. The van der Waals surface area contributed by atoms with Crippen LogP contribution in [0.3, 0.4) is 0 Å². The van der Waals surface area contributed by atoms with E-state index in [9.17, 15) is 4.39 Å². The van der Waals surface area contributed by atoms with E-state index < -0.39 is 0 Å². The van der Waals surface area contributed by atoms with Crippen molar-refractivity contribution in [2.45, 2.75) is 85.6 Å². The molecular weight excluding hydrogens is 451 g/mol. The fourth-order valence-corrected chi connectivity index (χ4v) is 4.30. The van der Waals surface area contributed by atoms with Gasteiger partial charge in [-0.1, -0.05) is 59.1 Å². The molecule has 3 rings (SSSR count).